The van der Waals surface area contributed by atoms with E-state index in [4.69, 9.17) is 50.0 Å². The van der Waals surface area contributed by atoms with E-state index in [1.807, 2.05) is 38.1 Å². The summed E-state index contributed by atoms with van der Waals surface area (Å²) in [6, 6.07) is 11.3. The van der Waals surface area contributed by atoms with E-state index >= 15 is 0 Å². The van der Waals surface area contributed by atoms with Crippen molar-refractivity contribution in [2.75, 3.05) is 12.8 Å². The van der Waals surface area contributed by atoms with Crippen LogP contribution in [-0.4, -0.2) is 24.2 Å². The molecule has 3 N–H and O–H groups in total. The van der Waals surface area contributed by atoms with Gasteiger partial charge >= 0.3 is 0 Å². The van der Waals surface area contributed by atoms with Gasteiger partial charge < -0.3 is 15.2 Å². The molecule has 33 heavy (non-hydrogen) atoms. The summed E-state index contributed by atoms with van der Waals surface area (Å²) in [7, 11) is 1.59. The first-order valence-electron chi connectivity index (χ1n) is 9.72. The van der Waals surface area contributed by atoms with Crippen molar-refractivity contribution in [2.45, 2.75) is 20.5 Å². The summed E-state index contributed by atoms with van der Waals surface area (Å²) in [5, 5.41) is 3.71. The molecule has 2 aromatic carbocycles. The Morgan fingerprint density at radius 2 is 1.91 bits per heavy atom. The van der Waals surface area contributed by atoms with Crippen molar-refractivity contribution >= 4 is 52.6 Å². The minimum atomic E-state index is -0.687. The number of aromatic nitrogens is 1. The van der Waals surface area contributed by atoms with Gasteiger partial charge in [0.1, 0.15) is 23.1 Å². The molecule has 0 bridgehead atoms. The lowest BCUT2D eigenvalue weighted by Gasteiger charge is -2.13. The average Bonchev–Trinajstić information content (AvgIpc) is 2.81. The Labute approximate surface area is 206 Å². The van der Waals surface area contributed by atoms with Crippen molar-refractivity contribution in [2.24, 2.45) is 5.10 Å². The zero-order valence-corrected chi connectivity index (χ0v) is 20.3. The van der Waals surface area contributed by atoms with Crippen LogP contribution in [0.2, 0.25) is 15.2 Å². The maximum absolute atomic E-state index is 12.4. The highest BCUT2D eigenvalue weighted by molar-refractivity contribution is 6.46. The molecule has 0 aliphatic heterocycles. The van der Waals surface area contributed by atoms with E-state index in [1.165, 1.54) is 6.21 Å². The van der Waals surface area contributed by atoms with Crippen LogP contribution in [0.1, 0.15) is 32.7 Å². The quantitative estimate of drug-likeness (QED) is 0.247. The number of halogens is 3. The SMILES string of the molecule is COc1ccc(/C=N/NC(=O)c2nc(Cl)c(Cl)c(N)c2Cl)cc1COc1cccc(C)c1C. The van der Waals surface area contributed by atoms with Gasteiger partial charge in [0.05, 0.1) is 24.0 Å². The molecule has 0 saturated carbocycles. The van der Waals surface area contributed by atoms with Crippen molar-refractivity contribution < 1.29 is 14.3 Å². The van der Waals surface area contributed by atoms with Crippen LogP contribution in [0.4, 0.5) is 5.69 Å². The third kappa shape index (κ3) is 5.68. The lowest BCUT2D eigenvalue weighted by molar-refractivity contribution is 0.0950. The Hall–Kier alpha value is -3.00. The molecule has 0 atom stereocenters. The van der Waals surface area contributed by atoms with Gasteiger partial charge in [-0.15, -0.1) is 0 Å². The average molecular weight is 508 g/mol. The molecule has 172 valence electrons. The molecule has 0 aliphatic carbocycles. The Morgan fingerprint density at radius 3 is 2.64 bits per heavy atom. The van der Waals surface area contributed by atoms with E-state index in [0.29, 0.717) is 17.9 Å². The van der Waals surface area contributed by atoms with Gasteiger partial charge in [0.15, 0.2) is 10.8 Å². The monoisotopic (exact) mass is 506 g/mol. The summed E-state index contributed by atoms with van der Waals surface area (Å²) < 4.78 is 11.4. The number of hydrogen-bond acceptors (Lipinski definition) is 6. The topological polar surface area (TPSA) is 98.8 Å². The van der Waals surface area contributed by atoms with E-state index in [-0.39, 0.29) is 26.6 Å². The van der Waals surface area contributed by atoms with Gasteiger partial charge in [-0.3, -0.25) is 4.79 Å². The van der Waals surface area contributed by atoms with Crippen molar-refractivity contribution in [3.05, 3.63) is 79.5 Å². The number of pyridine rings is 1. The standard InChI is InChI=1S/C23H21Cl3N4O3/c1-12-5-4-6-16(13(12)2)33-11-15-9-14(7-8-17(15)32-3)10-28-30-23(31)21-18(24)20(27)19(25)22(26)29-21/h4-10H,11H2,1-3H3,(H2,27,29)(H,30,31)/b28-10+. The van der Waals surface area contributed by atoms with Crippen molar-refractivity contribution in [1.82, 2.24) is 10.4 Å². The molecular weight excluding hydrogens is 487 g/mol. The molecule has 0 radical (unpaired) electrons. The fourth-order valence-corrected chi connectivity index (χ4v) is 3.52. The summed E-state index contributed by atoms with van der Waals surface area (Å²) in [6.45, 7) is 4.34. The van der Waals surface area contributed by atoms with Crippen LogP contribution >= 0.6 is 34.8 Å². The van der Waals surface area contributed by atoms with Crippen molar-refractivity contribution in [3.8, 4) is 11.5 Å². The number of nitrogens with two attached hydrogens (primary N) is 1. The number of rotatable bonds is 7. The molecule has 3 aromatic rings. The minimum absolute atomic E-state index is 0.0180. The largest absolute Gasteiger partial charge is 0.496 e. The Morgan fingerprint density at radius 1 is 1.15 bits per heavy atom. The number of methoxy groups -OCH3 is 1. The van der Waals surface area contributed by atoms with Crippen LogP contribution in [-0.2, 0) is 6.61 Å². The fraction of sp³-hybridized carbons (Fsp3) is 0.174. The Kier molecular flexibility index (Phi) is 8.02. The summed E-state index contributed by atoms with van der Waals surface area (Å²) in [5.41, 5.74) is 11.6. The fourth-order valence-electron chi connectivity index (χ4n) is 2.93. The van der Waals surface area contributed by atoms with Gasteiger partial charge in [-0.1, -0.05) is 46.9 Å². The smallest absolute Gasteiger partial charge is 0.291 e. The second-order valence-electron chi connectivity index (χ2n) is 7.05. The molecular formula is C23H21Cl3N4O3. The first kappa shape index (κ1) is 24.6. The number of hydrazone groups is 1. The number of aryl methyl sites for hydroxylation is 1. The number of hydrogen-bond donors (Lipinski definition) is 2. The second-order valence-corrected chi connectivity index (χ2v) is 8.16. The maximum atomic E-state index is 12.4. The van der Waals surface area contributed by atoms with Gasteiger partial charge in [0, 0.05) is 5.56 Å². The molecule has 0 unspecified atom stereocenters. The summed E-state index contributed by atoms with van der Waals surface area (Å²) in [5.74, 6) is 0.783. The third-order valence-electron chi connectivity index (χ3n) is 4.91. The Bertz CT molecular complexity index is 1230. The lowest BCUT2D eigenvalue weighted by Crippen LogP contribution is -2.20. The number of nitrogens with one attached hydrogen (secondary N) is 1. The van der Waals surface area contributed by atoms with E-state index in [0.717, 1.165) is 22.4 Å². The summed E-state index contributed by atoms with van der Waals surface area (Å²) in [6.07, 6.45) is 1.47. The van der Waals surface area contributed by atoms with Crippen LogP contribution in [0.3, 0.4) is 0 Å². The number of benzene rings is 2. The molecule has 7 nitrogen and oxygen atoms in total. The summed E-state index contributed by atoms with van der Waals surface area (Å²) in [4.78, 5) is 16.3. The first-order valence-corrected chi connectivity index (χ1v) is 10.9. The molecule has 10 heteroatoms. The second kappa shape index (κ2) is 10.7. The number of amides is 1. The minimum Gasteiger partial charge on any atom is -0.496 e. The Balaban J connectivity index is 1.74. The van der Waals surface area contributed by atoms with Crippen LogP contribution < -0.4 is 20.6 Å². The van der Waals surface area contributed by atoms with Gasteiger partial charge in [0.25, 0.3) is 5.91 Å². The zero-order valence-electron chi connectivity index (χ0n) is 18.1. The molecule has 1 aromatic heterocycles. The van der Waals surface area contributed by atoms with Gasteiger partial charge in [0.2, 0.25) is 0 Å². The van der Waals surface area contributed by atoms with E-state index in [1.54, 1.807) is 19.2 Å². The highest BCUT2D eigenvalue weighted by Gasteiger charge is 2.19. The number of carbonyl (C=O) groups excluding carboxylic acids is 1. The number of nitrogens with zero attached hydrogens (tertiary/aromatic N) is 2. The predicted octanol–water partition coefficient (Wildman–Crippen LogP) is 5.59. The molecule has 1 heterocycles. The third-order valence-corrected chi connectivity index (χ3v) is 6.04. The molecule has 0 fully saturated rings. The van der Waals surface area contributed by atoms with Crippen molar-refractivity contribution in [3.63, 3.8) is 0 Å². The number of anilines is 1. The summed E-state index contributed by atoms with van der Waals surface area (Å²) >= 11 is 17.8. The van der Waals surface area contributed by atoms with Crippen LogP contribution in [0.25, 0.3) is 0 Å². The number of ether oxygens (including phenoxy) is 2. The number of nitrogen functional groups attached to an aromatic ring is 1. The van der Waals surface area contributed by atoms with E-state index < -0.39 is 5.91 Å². The lowest BCUT2D eigenvalue weighted by atomic mass is 10.1. The van der Waals surface area contributed by atoms with Crippen molar-refractivity contribution in [1.29, 1.82) is 0 Å². The predicted molar refractivity (Wildman–Crippen MR) is 132 cm³/mol. The van der Waals surface area contributed by atoms with Gasteiger partial charge in [-0.25, -0.2) is 10.4 Å². The van der Waals surface area contributed by atoms with Crippen LogP contribution in [0, 0.1) is 13.8 Å². The van der Waals surface area contributed by atoms with E-state index in [2.05, 4.69) is 15.5 Å². The highest BCUT2D eigenvalue weighted by Crippen LogP contribution is 2.34. The zero-order chi connectivity index (χ0) is 24.1. The van der Waals surface area contributed by atoms with Crippen LogP contribution in [0.15, 0.2) is 41.5 Å². The number of carbonyl (C=O) groups is 1. The van der Waals surface area contributed by atoms with Crippen LogP contribution in [0.5, 0.6) is 11.5 Å². The molecule has 0 spiro atoms. The molecule has 3 rings (SSSR count). The molecule has 0 aliphatic rings. The maximum Gasteiger partial charge on any atom is 0.291 e. The normalized spacial score (nSPS) is 11.0. The van der Waals surface area contributed by atoms with Gasteiger partial charge in [-0.2, -0.15) is 5.10 Å². The van der Waals surface area contributed by atoms with Gasteiger partial charge in [-0.05, 0) is 54.8 Å². The van der Waals surface area contributed by atoms with E-state index in [9.17, 15) is 4.79 Å². The highest BCUT2D eigenvalue weighted by atomic mass is 35.5. The molecule has 1 amide bonds. The first-order chi connectivity index (χ1) is 15.7. The molecule has 0 saturated heterocycles.